The van der Waals surface area contributed by atoms with Crippen LogP contribution in [0.25, 0.3) is 0 Å². The molecular formula is C13H12N2O3. The van der Waals surface area contributed by atoms with Crippen molar-refractivity contribution in [3.8, 4) is 0 Å². The predicted octanol–water partition coefficient (Wildman–Crippen LogP) is 1.30. The van der Waals surface area contributed by atoms with E-state index in [0.717, 1.165) is 5.56 Å². The lowest BCUT2D eigenvalue weighted by Gasteiger charge is -2.07. The highest BCUT2D eigenvalue weighted by Gasteiger charge is 2.15. The van der Waals surface area contributed by atoms with Crippen LogP contribution in [-0.4, -0.2) is 20.6 Å². The molecule has 0 radical (unpaired) electrons. The number of aryl methyl sites for hydroxylation is 1. The monoisotopic (exact) mass is 244 g/mol. The standard InChI is InChI=1S/C13H12N2O3/c1-9-11(13(17)18)12(16)15(8-14-9)7-10-5-3-2-4-6-10/h2-6,8H,7H2,1H3,(H,17,18). The first-order valence-corrected chi connectivity index (χ1v) is 5.43. The molecule has 5 heteroatoms. The summed E-state index contributed by atoms with van der Waals surface area (Å²) in [5.41, 5.74) is 0.352. The molecule has 0 bridgehead atoms. The van der Waals surface area contributed by atoms with Crippen LogP contribution in [0.1, 0.15) is 21.6 Å². The third-order valence-corrected chi connectivity index (χ3v) is 2.64. The fraction of sp³-hybridized carbons (Fsp3) is 0.154. The van der Waals surface area contributed by atoms with Gasteiger partial charge in [-0.1, -0.05) is 30.3 Å². The summed E-state index contributed by atoms with van der Waals surface area (Å²) in [6.07, 6.45) is 1.37. The van der Waals surface area contributed by atoms with Gasteiger partial charge in [-0.2, -0.15) is 0 Å². The molecule has 0 saturated heterocycles. The Bertz CT molecular complexity index is 632. The maximum atomic E-state index is 12.0. The molecule has 1 aromatic heterocycles. The van der Waals surface area contributed by atoms with Gasteiger partial charge in [-0.15, -0.1) is 0 Å². The highest BCUT2D eigenvalue weighted by molar-refractivity contribution is 5.88. The lowest BCUT2D eigenvalue weighted by molar-refractivity contribution is 0.0692. The van der Waals surface area contributed by atoms with Crippen molar-refractivity contribution in [3.63, 3.8) is 0 Å². The highest BCUT2D eigenvalue weighted by Crippen LogP contribution is 2.02. The Morgan fingerprint density at radius 1 is 1.33 bits per heavy atom. The topological polar surface area (TPSA) is 72.2 Å². The van der Waals surface area contributed by atoms with Crippen LogP contribution in [0.4, 0.5) is 0 Å². The van der Waals surface area contributed by atoms with Gasteiger partial charge in [0.15, 0.2) is 0 Å². The van der Waals surface area contributed by atoms with Gasteiger partial charge < -0.3 is 5.11 Å². The van der Waals surface area contributed by atoms with Crippen molar-refractivity contribution in [3.05, 3.63) is 63.8 Å². The highest BCUT2D eigenvalue weighted by atomic mass is 16.4. The van der Waals surface area contributed by atoms with Gasteiger partial charge in [0.25, 0.3) is 5.56 Å². The van der Waals surface area contributed by atoms with Crippen LogP contribution >= 0.6 is 0 Å². The Kier molecular flexibility index (Phi) is 3.23. The zero-order chi connectivity index (χ0) is 13.1. The molecule has 0 aliphatic carbocycles. The molecule has 2 rings (SSSR count). The summed E-state index contributed by atoms with van der Waals surface area (Å²) in [4.78, 5) is 26.9. The quantitative estimate of drug-likeness (QED) is 0.883. The van der Waals surface area contributed by atoms with Gasteiger partial charge in [0, 0.05) is 0 Å². The SMILES string of the molecule is Cc1ncn(Cc2ccccc2)c(=O)c1C(=O)O. The molecule has 92 valence electrons. The molecular weight excluding hydrogens is 232 g/mol. The number of carbonyl (C=O) groups is 1. The fourth-order valence-corrected chi connectivity index (χ4v) is 1.71. The largest absolute Gasteiger partial charge is 0.477 e. The Labute approximate surface area is 103 Å². The minimum atomic E-state index is -1.24. The number of carboxylic acids is 1. The van der Waals surface area contributed by atoms with E-state index in [2.05, 4.69) is 4.98 Å². The number of hydrogen-bond donors (Lipinski definition) is 1. The second-order valence-corrected chi connectivity index (χ2v) is 3.93. The summed E-state index contributed by atoms with van der Waals surface area (Å²) in [5, 5.41) is 8.98. The molecule has 0 fully saturated rings. The van der Waals surface area contributed by atoms with E-state index in [9.17, 15) is 9.59 Å². The average molecular weight is 244 g/mol. The third-order valence-electron chi connectivity index (χ3n) is 2.64. The Balaban J connectivity index is 2.45. The van der Waals surface area contributed by atoms with Gasteiger partial charge in [0.1, 0.15) is 5.56 Å². The van der Waals surface area contributed by atoms with Crippen LogP contribution in [0.3, 0.4) is 0 Å². The van der Waals surface area contributed by atoms with Crippen LogP contribution in [0.5, 0.6) is 0 Å². The maximum absolute atomic E-state index is 12.0. The van der Waals surface area contributed by atoms with Crippen molar-refractivity contribution < 1.29 is 9.90 Å². The third kappa shape index (κ3) is 2.29. The minimum absolute atomic E-state index is 0.233. The average Bonchev–Trinajstić information content (AvgIpc) is 2.34. The van der Waals surface area contributed by atoms with E-state index in [0.29, 0.717) is 6.54 Å². The van der Waals surface area contributed by atoms with Gasteiger partial charge in [-0.3, -0.25) is 9.36 Å². The molecule has 1 aromatic carbocycles. The fourth-order valence-electron chi connectivity index (χ4n) is 1.71. The van der Waals surface area contributed by atoms with E-state index in [-0.39, 0.29) is 11.3 Å². The lowest BCUT2D eigenvalue weighted by atomic mass is 10.2. The number of benzene rings is 1. The zero-order valence-corrected chi connectivity index (χ0v) is 9.83. The summed E-state index contributed by atoms with van der Waals surface area (Å²) >= 11 is 0. The number of nitrogens with zero attached hydrogens (tertiary/aromatic N) is 2. The predicted molar refractivity (Wildman–Crippen MR) is 65.7 cm³/mol. The van der Waals surface area contributed by atoms with E-state index in [1.54, 1.807) is 0 Å². The second kappa shape index (κ2) is 4.83. The van der Waals surface area contributed by atoms with E-state index in [1.165, 1.54) is 17.8 Å². The van der Waals surface area contributed by atoms with Crippen LogP contribution in [0.15, 0.2) is 41.5 Å². The Hall–Kier alpha value is -2.43. The van der Waals surface area contributed by atoms with Crippen molar-refractivity contribution >= 4 is 5.97 Å². The number of aromatic carboxylic acids is 1. The molecule has 0 aliphatic heterocycles. The Morgan fingerprint density at radius 2 is 2.00 bits per heavy atom. The molecule has 0 amide bonds. The summed E-state index contributed by atoms with van der Waals surface area (Å²) in [5.74, 6) is -1.24. The normalized spacial score (nSPS) is 10.3. The minimum Gasteiger partial charge on any atom is -0.477 e. The number of aromatic nitrogens is 2. The zero-order valence-electron chi connectivity index (χ0n) is 9.83. The van der Waals surface area contributed by atoms with Crippen molar-refractivity contribution in [2.24, 2.45) is 0 Å². The van der Waals surface area contributed by atoms with Gasteiger partial charge in [0.2, 0.25) is 0 Å². The Morgan fingerprint density at radius 3 is 2.61 bits per heavy atom. The number of carboxylic acid groups (broad SMARTS) is 1. The summed E-state index contributed by atoms with van der Waals surface area (Å²) in [7, 11) is 0. The van der Waals surface area contributed by atoms with Crippen LogP contribution in [0.2, 0.25) is 0 Å². The first-order chi connectivity index (χ1) is 8.59. The maximum Gasteiger partial charge on any atom is 0.343 e. The molecule has 1 heterocycles. The first-order valence-electron chi connectivity index (χ1n) is 5.43. The summed E-state index contributed by atoms with van der Waals surface area (Å²) < 4.78 is 1.30. The second-order valence-electron chi connectivity index (χ2n) is 3.93. The van der Waals surface area contributed by atoms with Crippen LogP contribution in [-0.2, 0) is 6.54 Å². The van der Waals surface area contributed by atoms with Crippen molar-refractivity contribution in [1.29, 1.82) is 0 Å². The molecule has 1 N–H and O–H groups in total. The summed E-state index contributed by atoms with van der Waals surface area (Å²) in [6.45, 7) is 1.82. The molecule has 0 unspecified atom stereocenters. The lowest BCUT2D eigenvalue weighted by Crippen LogP contribution is -2.28. The van der Waals surface area contributed by atoms with Crippen LogP contribution in [0, 0.1) is 6.92 Å². The molecule has 5 nitrogen and oxygen atoms in total. The van der Waals surface area contributed by atoms with Crippen molar-refractivity contribution in [1.82, 2.24) is 9.55 Å². The van der Waals surface area contributed by atoms with Gasteiger partial charge in [0.05, 0.1) is 18.6 Å². The number of rotatable bonds is 3. The van der Waals surface area contributed by atoms with E-state index in [1.807, 2.05) is 30.3 Å². The van der Waals surface area contributed by atoms with Crippen LogP contribution < -0.4 is 5.56 Å². The van der Waals surface area contributed by atoms with Gasteiger partial charge >= 0.3 is 5.97 Å². The summed E-state index contributed by atoms with van der Waals surface area (Å²) in [6, 6.07) is 9.34. The first kappa shape index (κ1) is 12.0. The molecule has 0 atom stereocenters. The van der Waals surface area contributed by atoms with E-state index in [4.69, 9.17) is 5.11 Å². The molecule has 0 spiro atoms. The molecule has 2 aromatic rings. The van der Waals surface area contributed by atoms with E-state index < -0.39 is 11.5 Å². The van der Waals surface area contributed by atoms with Crippen molar-refractivity contribution in [2.45, 2.75) is 13.5 Å². The van der Waals surface area contributed by atoms with E-state index >= 15 is 0 Å². The van der Waals surface area contributed by atoms with Gasteiger partial charge in [-0.05, 0) is 12.5 Å². The molecule has 0 aliphatic rings. The van der Waals surface area contributed by atoms with Crippen molar-refractivity contribution in [2.75, 3.05) is 0 Å². The smallest absolute Gasteiger partial charge is 0.343 e. The molecule has 0 saturated carbocycles. The van der Waals surface area contributed by atoms with Gasteiger partial charge in [-0.25, -0.2) is 9.78 Å². The molecule has 18 heavy (non-hydrogen) atoms. The number of hydrogen-bond acceptors (Lipinski definition) is 3.